The normalized spacial score (nSPS) is 11.2. The maximum absolute atomic E-state index is 6.09. The molecule has 0 bridgehead atoms. The van der Waals surface area contributed by atoms with Crippen molar-refractivity contribution in [2.75, 3.05) is 13.6 Å². The quantitative estimate of drug-likeness (QED) is 0.695. The molecule has 3 nitrogen and oxygen atoms in total. The number of aryl methyl sites for hydroxylation is 1. The molecule has 0 atom stereocenters. The minimum absolute atomic E-state index is 0.570. The summed E-state index contributed by atoms with van der Waals surface area (Å²) in [4.78, 5) is 4.39. The van der Waals surface area contributed by atoms with Crippen LogP contribution in [-0.4, -0.2) is 23.0 Å². The molecule has 0 amide bonds. The summed E-state index contributed by atoms with van der Waals surface area (Å²) >= 11 is 9.61. The highest BCUT2D eigenvalue weighted by atomic mass is 79.9. The van der Waals surface area contributed by atoms with E-state index in [0.29, 0.717) is 5.15 Å². The lowest BCUT2D eigenvalue weighted by Gasteiger charge is -2.03. The Bertz CT molecular complexity index is 495. The molecule has 16 heavy (non-hydrogen) atoms. The number of imidazole rings is 1. The van der Waals surface area contributed by atoms with Crippen molar-refractivity contribution in [1.29, 1.82) is 0 Å². The van der Waals surface area contributed by atoms with Crippen LogP contribution < -0.4 is 5.32 Å². The van der Waals surface area contributed by atoms with Crippen LogP contribution in [0.25, 0.3) is 5.52 Å². The lowest BCUT2D eigenvalue weighted by molar-refractivity contribution is 0.699. The summed E-state index contributed by atoms with van der Waals surface area (Å²) in [6.07, 6.45) is 1.96. The Morgan fingerprint density at radius 1 is 1.50 bits per heavy atom. The van der Waals surface area contributed by atoms with Crippen molar-refractivity contribution in [3.63, 3.8) is 0 Å². The predicted octanol–water partition coefficient (Wildman–Crippen LogP) is 2.90. The van der Waals surface area contributed by atoms with Crippen LogP contribution in [0.1, 0.15) is 12.2 Å². The fraction of sp³-hybridized carbons (Fsp3) is 0.364. The number of hydrogen-bond acceptors (Lipinski definition) is 2. The number of nitrogens with one attached hydrogen (secondary N) is 1. The van der Waals surface area contributed by atoms with Crippen molar-refractivity contribution in [2.24, 2.45) is 0 Å². The summed E-state index contributed by atoms with van der Waals surface area (Å²) in [7, 11) is 1.95. The van der Waals surface area contributed by atoms with Gasteiger partial charge in [-0.15, -0.1) is 0 Å². The minimum atomic E-state index is 0.570. The summed E-state index contributed by atoms with van der Waals surface area (Å²) in [5.74, 6) is 1.00. The number of halogens is 2. The topological polar surface area (TPSA) is 29.3 Å². The summed E-state index contributed by atoms with van der Waals surface area (Å²) < 4.78 is 3.04. The monoisotopic (exact) mass is 301 g/mol. The molecule has 0 unspecified atom stereocenters. The SMILES string of the molecule is CNCCCc1nc(Cl)c2cccc(Br)n12. The smallest absolute Gasteiger partial charge is 0.155 e. The molecule has 1 N–H and O–H groups in total. The third-order valence-corrected chi connectivity index (χ3v) is 3.36. The maximum Gasteiger partial charge on any atom is 0.155 e. The van der Waals surface area contributed by atoms with Gasteiger partial charge in [0.15, 0.2) is 5.15 Å². The molecule has 0 radical (unpaired) electrons. The first kappa shape index (κ1) is 11.9. The zero-order valence-electron chi connectivity index (χ0n) is 9.00. The summed E-state index contributed by atoms with van der Waals surface area (Å²) in [5, 5.41) is 3.70. The Labute approximate surface area is 108 Å². The van der Waals surface area contributed by atoms with Gasteiger partial charge in [-0.25, -0.2) is 4.98 Å². The molecule has 2 aromatic rings. The standard InChI is InChI=1S/C11H13BrClN3/c1-14-7-3-6-10-15-11(13)8-4-2-5-9(12)16(8)10/h2,4-5,14H,3,6-7H2,1H3. The highest BCUT2D eigenvalue weighted by Crippen LogP contribution is 2.23. The van der Waals surface area contributed by atoms with E-state index in [-0.39, 0.29) is 0 Å². The third kappa shape index (κ3) is 2.24. The molecule has 0 aromatic carbocycles. The molecule has 0 saturated carbocycles. The fourth-order valence-corrected chi connectivity index (χ4v) is 2.51. The Kier molecular flexibility index (Phi) is 3.84. The summed E-state index contributed by atoms with van der Waals surface area (Å²) in [6.45, 7) is 0.983. The highest BCUT2D eigenvalue weighted by molar-refractivity contribution is 9.10. The van der Waals surface area contributed by atoms with E-state index in [1.165, 1.54) is 0 Å². The maximum atomic E-state index is 6.09. The van der Waals surface area contributed by atoms with Gasteiger partial charge in [0.1, 0.15) is 5.82 Å². The predicted molar refractivity (Wildman–Crippen MR) is 70.1 cm³/mol. The van der Waals surface area contributed by atoms with Crippen molar-refractivity contribution in [3.8, 4) is 0 Å². The van der Waals surface area contributed by atoms with Crippen LogP contribution in [0, 0.1) is 0 Å². The van der Waals surface area contributed by atoms with Gasteiger partial charge >= 0.3 is 0 Å². The van der Waals surface area contributed by atoms with Crippen molar-refractivity contribution in [2.45, 2.75) is 12.8 Å². The number of pyridine rings is 1. The first-order valence-corrected chi connectivity index (χ1v) is 6.37. The molecular weight excluding hydrogens is 289 g/mol. The molecule has 0 aliphatic carbocycles. The van der Waals surface area contributed by atoms with Crippen LogP contribution in [0.3, 0.4) is 0 Å². The van der Waals surface area contributed by atoms with E-state index in [0.717, 1.165) is 35.3 Å². The van der Waals surface area contributed by atoms with Gasteiger partial charge in [-0.2, -0.15) is 0 Å². The van der Waals surface area contributed by atoms with E-state index >= 15 is 0 Å². The molecule has 2 heterocycles. The summed E-state index contributed by atoms with van der Waals surface area (Å²) in [6, 6.07) is 5.93. The third-order valence-electron chi connectivity index (χ3n) is 2.47. The fourth-order valence-electron chi connectivity index (χ4n) is 1.72. The van der Waals surface area contributed by atoms with Gasteiger partial charge in [0.05, 0.1) is 10.1 Å². The lowest BCUT2D eigenvalue weighted by atomic mass is 10.3. The molecule has 0 fully saturated rings. The number of hydrogen-bond donors (Lipinski definition) is 1. The van der Waals surface area contributed by atoms with Crippen molar-refractivity contribution >= 4 is 33.0 Å². The van der Waals surface area contributed by atoms with E-state index in [4.69, 9.17) is 11.6 Å². The van der Waals surface area contributed by atoms with Crippen molar-refractivity contribution in [3.05, 3.63) is 33.8 Å². The average molecular weight is 303 g/mol. The van der Waals surface area contributed by atoms with Crippen LogP contribution in [0.5, 0.6) is 0 Å². The van der Waals surface area contributed by atoms with Crippen LogP contribution in [0.2, 0.25) is 5.15 Å². The number of rotatable bonds is 4. The van der Waals surface area contributed by atoms with Crippen LogP contribution in [-0.2, 0) is 6.42 Å². The zero-order chi connectivity index (χ0) is 11.5. The molecule has 0 saturated heterocycles. The van der Waals surface area contributed by atoms with Gasteiger partial charge in [-0.1, -0.05) is 17.7 Å². The number of aromatic nitrogens is 2. The molecule has 0 aliphatic heterocycles. The van der Waals surface area contributed by atoms with E-state index in [2.05, 4.69) is 30.6 Å². The Morgan fingerprint density at radius 3 is 3.06 bits per heavy atom. The highest BCUT2D eigenvalue weighted by Gasteiger charge is 2.10. The average Bonchev–Trinajstić information content (AvgIpc) is 2.58. The molecule has 5 heteroatoms. The van der Waals surface area contributed by atoms with E-state index < -0.39 is 0 Å². The molecule has 0 aliphatic rings. The van der Waals surface area contributed by atoms with Crippen LogP contribution in [0.15, 0.2) is 22.8 Å². The second-order valence-corrected chi connectivity index (χ2v) is 4.77. The van der Waals surface area contributed by atoms with Gasteiger partial charge in [-0.05, 0) is 48.1 Å². The van der Waals surface area contributed by atoms with Crippen LogP contribution in [0.4, 0.5) is 0 Å². The number of nitrogens with zero attached hydrogens (tertiary/aromatic N) is 2. The summed E-state index contributed by atoms with van der Waals surface area (Å²) in [5.41, 5.74) is 0.954. The van der Waals surface area contributed by atoms with Crippen molar-refractivity contribution < 1.29 is 0 Å². The minimum Gasteiger partial charge on any atom is -0.320 e. The number of fused-ring (bicyclic) bond motifs is 1. The second-order valence-electron chi connectivity index (χ2n) is 3.60. The lowest BCUT2D eigenvalue weighted by Crippen LogP contribution is -2.09. The van der Waals surface area contributed by atoms with E-state index in [1.54, 1.807) is 0 Å². The first-order valence-electron chi connectivity index (χ1n) is 5.20. The molecular formula is C11H13BrClN3. The van der Waals surface area contributed by atoms with Gasteiger partial charge in [0, 0.05) is 6.42 Å². The molecule has 2 aromatic heterocycles. The van der Waals surface area contributed by atoms with Gasteiger partial charge in [0.2, 0.25) is 0 Å². The second kappa shape index (κ2) is 5.17. The van der Waals surface area contributed by atoms with E-state index in [9.17, 15) is 0 Å². The van der Waals surface area contributed by atoms with Crippen LogP contribution >= 0.6 is 27.5 Å². The molecule has 0 spiro atoms. The Hall–Kier alpha value is -0.580. The molecule has 86 valence electrons. The Balaban J connectivity index is 2.37. The van der Waals surface area contributed by atoms with Crippen molar-refractivity contribution in [1.82, 2.24) is 14.7 Å². The largest absolute Gasteiger partial charge is 0.320 e. The van der Waals surface area contributed by atoms with Gasteiger partial charge < -0.3 is 5.32 Å². The zero-order valence-corrected chi connectivity index (χ0v) is 11.3. The van der Waals surface area contributed by atoms with Gasteiger partial charge in [0.25, 0.3) is 0 Å². The van der Waals surface area contributed by atoms with Gasteiger partial charge in [-0.3, -0.25) is 4.40 Å². The van der Waals surface area contributed by atoms with E-state index in [1.807, 2.05) is 25.2 Å². The Morgan fingerprint density at radius 2 is 2.31 bits per heavy atom. The molecule has 2 rings (SSSR count). The first-order chi connectivity index (χ1) is 7.74.